The number of hydrogen-bond acceptors (Lipinski definition) is 2. The Hall–Kier alpha value is -2.34. The Labute approximate surface area is 112 Å². The van der Waals surface area contributed by atoms with Gasteiger partial charge < -0.3 is 5.32 Å². The zero-order valence-corrected chi connectivity index (χ0v) is 10.9. The van der Waals surface area contributed by atoms with Gasteiger partial charge in [0.15, 0.2) is 0 Å². The van der Waals surface area contributed by atoms with Gasteiger partial charge in [0.1, 0.15) is 11.9 Å². The van der Waals surface area contributed by atoms with Gasteiger partial charge >= 0.3 is 0 Å². The van der Waals surface area contributed by atoms with Crippen molar-refractivity contribution >= 4 is 5.69 Å². The Morgan fingerprint density at radius 3 is 2.42 bits per heavy atom. The summed E-state index contributed by atoms with van der Waals surface area (Å²) in [6.45, 7) is 3.87. The van der Waals surface area contributed by atoms with E-state index in [9.17, 15) is 9.65 Å². The molecular formula is C16H15FN2. The van der Waals surface area contributed by atoms with E-state index in [1.165, 1.54) is 12.1 Å². The van der Waals surface area contributed by atoms with E-state index in [2.05, 4.69) is 11.4 Å². The Kier molecular flexibility index (Phi) is 3.82. The fraction of sp³-hybridized carbons (Fsp3) is 0.188. The molecule has 2 aromatic rings. The first kappa shape index (κ1) is 13.1. The third-order valence-electron chi connectivity index (χ3n) is 3.04. The van der Waals surface area contributed by atoms with Crippen LogP contribution in [0.15, 0.2) is 42.5 Å². The minimum atomic E-state index is -0.557. The Balaban J connectivity index is 2.28. The number of hydrogen-bond donors (Lipinski definition) is 1. The molecule has 0 saturated carbocycles. The first-order valence-electron chi connectivity index (χ1n) is 6.09. The number of nitrogens with zero attached hydrogens (tertiary/aromatic N) is 1. The molecule has 0 radical (unpaired) electrons. The molecule has 96 valence electrons. The second kappa shape index (κ2) is 5.53. The summed E-state index contributed by atoms with van der Waals surface area (Å²) in [7, 11) is 0. The van der Waals surface area contributed by atoms with Gasteiger partial charge in [0.2, 0.25) is 0 Å². The van der Waals surface area contributed by atoms with Gasteiger partial charge in [0.05, 0.1) is 6.07 Å². The molecule has 2 rings (SSSR count). The van der Waals surface area contributed by atoms with Gasteiger partial charge in [-0.1, -0.05) is 23.8 Å². The summed E-state index contributed by atoms with van der Waals surface area (Å²) >= 11 is 0. The quantitative estimate of drug-likeness (QED) is 0.894. The van der Waals surface area contributed by atoms with Gasteiger partial charge in [0.25, 0.3) is 0 Å². The van der Waals surface area contributed by atoms with Crippen molar-refractivity contribution in [3.8, 4) is 6.07 Å². The minimum absolute atomic E-state index is 0.327. The highest BCUT2D eigenvalue weighted by atomic mass is 19.1. The molecule has 0 fully saturated rings. The predicted molar refractivity (Wildman–Crippen MR) is 74.3 cm³/mol. The third-order valence-corrected chi connectivity index (χ3v) is 3.04. The number of benzene rings is 2. The van der Waals surface area contributed by atoms with Crippen LogP contribution in [0, 0.1) is 31.0 Å². The largest absolute Gasteiger partial charge is 0.366 e. The van der Waals surface area contributed by atoms with Crippen LogP contribution in [-0.4, -0.2) is 0 Å². The minimum Gasteiger partial charge on any atom is -0.366 e. The number of nitriles is 1. The Morgan fingerprint density at radius 1 is 1.11 bits per heavy atom. The molecule has 0 spiro atoms. The van der Waals surface area contributed by atoms with Crippen LogP contribution in [0.2, 0.25) is 0 Å². The highest BCUT2D eigenvalue weighted by Crippen LogP contribution is 2.23. The second-order valence-electron chi connectivity index (χ2n) is 4.57. The van der Waals surface area contributed by atoms with E-state index in [1.807, 2.05) is 38.1 Å². The van der Waals surface area contributed by atoms with E-state index >= 15 is 0 Å². The average molecular weight is 254 g/mol. The summed E-state index contributed by atoms with van der Waals surface area (Å²) in [6.07, 6.45) is 0. The van der Waals surface area contributed by atoms with Gasteiger partial charge in [-0.15, -0.1) is 0 Å². The molecule has 1 unspecified atom stereocenters. The smallest absolute Gasteiger partial charge is 0.140 e. The highest BCUT2D eigenvalue weighted by Gasteiger charge is 2.13. The lowest BCUT2D eigenvalue weighted by Crippen LogP contribution is -2.10. The van der Waals surface area contributed by atoms with Gasteiger partial charge in [0, 0.05) is 5.69 Å². The molecule has 2 nitrogen and oxygen atoms in total. The molecule has 0 aliphatic heterocycles. The van der Waals surface area contributed by atoms with Crippen molar-refractivity contribution in [3.05, 3.63) is 65.0 Å². The molecule has 2 aromatic carbocycles. The summed E-state index contributed by atoms with van der Waals surface area (Å²) in [5.41, 5.74) is 3.57. The Morgan fingerprint density at radius 2 is 1.79 bits per heavy atom. The molecule has 0 aliphatic rings. The van der Waals surface area contributed by atoms with Crippen LogP contribution in [0.25, 0.3) is 0 Å². The standard InChI is InChI=1S/C16H15FN2/c1-11-3-7-14(8-4-11)19-16(10-18)15-9-13(17)6-5-12(15)2/h3-9,16,19H,1-2H3. The van der Waals surface area contributed by atoms with Crippen molar-refractivity contribution in [2.24, 2.45) is 0 Å². The van der Waals surface area contributed by atoms with Gasteiger partial charge in [-0.25, -0.2) is 4.39 Å². The van der Waals surface area contributed by atoms with Crippen LogP contribution in [0.5, 0.6) is 0 Å². The van der Waals surface area contributed by atoms with E-state index in [-0.39, 0.29) is 5.82 Å². The summed E-state index contributed by atoms with van der Waals surface area (Å²) < 4.78 is 13.3. The van der Waals surface area contributed by atoms with Gasteiger partial charge in [-0.05, 0) is 49.2 Å². The molecule has 3 heteroatoms. The lowest BCUT2D eigenvalue weighted by atomic mass is 10.0. The number of halogens is 1. The first-order valence-corrected chi connectivity index (χ1v) is 6.09. The number of nitrogens with one attached hydrogen (secondary N) is 1. The van der Waals surface area contributed by atoms with E-state index in [1.54, 1.807) is 6.07 Å². The topological polar surface area (TPSA) is 35.8 Å². The lowest BCUT2D eigenvalue weighted by molar-refractivity contribution is 0.624. The number of rotatable bonds is 3. The molecule has 0 bridgehead atoms. The molecule has 0 saturated heterocycles. The normalized spacial score (nSPS) is 11.7. The van der Waals surface area contributed by atoms with Crippen LogP contribution in [-0.2, 0) is 0 Å². The van der Waals surface area contributed by atoms with Crippen molar-refractivity contribution in [1.82, 2.24) is 0 Å². The van der Waals surface area contributed by atoms with Crippen LogP contribution < -0.4 is 5.32 Å². The maximum absolute atomic E-state index is 13.3. The van der Waals surface area contributed by atoms with E-state index in [0.717, 1.165) is 16.8 Å². The summed E-state index contributed by atoms with van der Waals surface area (Å²) in [6, 6.07) is 13.9. The van der Waals surface area contributed by atoms with Crippen LogP contribution in [0.1, 0.15) is 22.7 Å². The molecule has 1 N–H and O–H groups in total. The number of anilines is 1. The summed E-state index contributed by atoms with van der Waals surface area (Å²) in [4.78, 5) is 0. The highest BCUT2D eigenvalue weighted by molar-refractivity contribution is 5.49. The predicted octanol–water partition coefficient (Wildman–Crippen LogP) is 4.12. The first-order chi connectivity index (χ1) is 9.10. The molecule has 0 aromatic heterocycles. The van der Waals surface area contributed by atoms with E-state index < -0.39 is 6.04 Å². The third kappa shape index (κ3) is 3.11. The van der Waals surface area contributed by atoms with Gasteiger partial charge in [-0.2, -0.15) is 5.26 Å². The number of aryl methyl sites for hydroxylation is 2. The summed E-state index contributed by atoms with van der Waals surface area (Å²) in [5, 5.41) is 12.4. The zero-order chi connectivity index (χ0) is 13.8. The molecule has 0 amide bonds. The average Bonchev–Trinajstić information content (AvgIpc) is 2.41. The SMILES string of the molecule is Cc1ccc(NC(C#N)c2cc(F)ccc2C)cc1. The van der Waals surface area contributed by atoms with E-state index in [4.69, 9.17) is 0 Å². The van der Waals surface area contributed by atoms with Crippen molar-refractivity contribution in [2.75, 3.05) is 5.32 Å². The van der Waals surface area contributed by atoms with Crippen molar-refractivity contribution in [3.63, 3.8) is 0 Å². The monoisotopic (exact) mass is 254 g/mol. The fourth-order valence-electron chi connectivity index (χ4n) is 1.92. The lowest BCUT2D eigenvalue weighted by Gasteiger charge is -2.15. The maximum Gasteiger partial charge on any atom is 0.140 e. The van der Waals surface area contributed by atoms with Crippen molar-refractivity contribution < 1.29 is 4.39 Å². The Bertz CT molecular complexity index is 612. The molecule has 0 aliphatic carbocycles. The molecule has 19 heavy (non-hydrogen) atoms. The fourth-order valence-corrected chi connectivity index (χ4v) is 1.92. The van der Waals surface area contributed by atoms with Crippen LogP contribution in [0.3, 0.4) is 0 Å². The van der Waals surface area contributed by atoms with Crippen LogP contribution >= 0.6 is 0 Å². The second-order valence-corrected chi connectivity index (χ2v) is 4.57. The van der Waals surface area contributed by atoms with Gasteiger partial charge in [-0.3, -0.25) is 0 Å². The molecular weight excluding hydrogens is 239 g/mol. The molecule has 0 heterocycles. The maximum atomic E-state index is 13.3. The van der Waals surface area contributed by atoms with Crippen LogP contribution in [0.4, 0.5) is 10.1 Å². The van der Waals surface area contributed by atoms with Crippen molar-refractivity contribution in [1.29, 1.82) is 5.26 Å². The summed E-state index contributed by atoms with van der Waals surface area (Å²) in [5.74, 6) is -0.327. The van der Waals surface area contributed by atoms with E-state index in [0.29, 0.717) is 5.56 Å². The van der Waals surface area contributed by atoms with Crippen molar-refractivity contribution in [2.45, 2.75) is 19.9 Å². The zero-order valence-electron chi connectivity index (χ0n) is 10.9. The molecule has 1 atom stereocenters.